The maximum Gasteiger partial charge on any atom is 0.147 e. The van der Waals surface area contributed by atoms with E-state index in [-0.39, 0.29) is 5.75 Å². The monoisotopic (exact) mass is 375 g/mol. The van der Waals surface area contributed by atoms with Crippen molar-refractivity contribution in [1.29, 1.82) is 0 Å². The molecule has 0 fully saturated rings. The van der Waals surface area contributed by atoms with Gasteiger partial charge in [-0.1, -0.05) is 41.9 Å². The van der Waals surface area contributed by atoms with E-state index in [4.69, 9.17) is 0 Å². The lowest BCUT2D eigenvalue weighted by molar-refractivity contribution is 0.418. The predicted molar refractivity (Wildman–Crippen MR) is 93.4 cm³/mol. The Morgan fingerprint density at radius 1 is 1.19 bits per heavy atom. The summed E-state index contributed by atoms with van der Waals surface area (Å²) in [5.41, 5.74) is 1.30. The van der Waals surface area contributed by atoms with E-state index in [1.54, 1.807) is 0 Å². The normalized spacial score (nSPS) is 13.6. The van der Waals surface area contributed by atoms with Crippen LogP contribution in [-0.2, 0) is 16.3 Å². The molecule has 3 nitrogen and oxygen atoms in total. The van der Waals surface area contributed by atoms with Crippen LogP contribution in [0, 0.1) is 5.92 Å². The Morgan fingerprint density at radius 2 is 1.81 bits per heavy atom. The minimum atomic E-state index is -2.86. The van der Waals surface area contributed by atoms with Gasteiger partial charge in [-0.15, -0.1) is 0 Å². The van der Waals surface area contributed by atoms with Gasteiger partial charge in [0.15, 0.2) is 0 Å². The number of hydrogen-bond acceptors (Lipinski definition) is 3. The van der Waals surface area contributed by atoms with Crippen LogP contribution in [-0.4, -0.2) is 33.0 Å². The molecule has 0 aliphatic heterocycles. The molecule has 0 aliphatic rings. The highest BCUT2D eigenvalue weighted by Crippen LogP contribution is 2.17. The van der Waals surface area contributed by atoms with Crippen molar-refractivity contribution >= 4 is 25.8 Å². The van der Waals surface area contributed by atoms with Crippen LogP contribution in [0.15, 0.2) is 28.7 Å². The van der Waals surface area contributed by atoms with Crippen molar-refractivity contribution < 1.29 is 8.42 Å². The fraction of sp³-hybridized carbons (Fsp3) is 0.625. The van der Waals surface area contributed by atoms with Crippen LogP contribution >= 0.6 is 15.9 Å². The highest BCUT2D eigenvalue weighted by molar-refractivity contribution is 9.10. The maximum atomic E-state index is 11.3. The average molecular weight is 376 g/mol. The second kappa shape index (κ2) is 8.91. The van der Waals surface area contributed by atoms with Gasteiger partial charge >= 0.3 is 0 Å². The summed E-state index contributed by atoms with van der Waals surface area (Å²) in [4.78, 5) is 0. The number of benzene rings is 1. The fourth-order valence-corrected chi connectivity index (χ4v) is 3.22. The summed E-state index contributed by atoms with van der Waals surface area (Å²) in [5, 5.41) is 3.47. The zero-order valence-corrected chi connectivity index (χ0v) is 15.5. The minimum absolute atomic E-state index is 0.283. The molecule has 0 bridgehead atoms. The summed E-state index contributed by atoms with van der Waals surface area (Å²) < 4.78 is 23.6. The first-order chi connectivity index (χ1) is 9.76. The molecule has 5 heteroatoms. The van der Waals surface area contributed by atoms with Gasteiger partial charge in [0.05, 0.1) is 0 Å². The Morgan fingerprint density at radius 3 is 2.33 bits per heavy atom. The van der Waals surface area contributed by atoms with Crippen LogP contribution in [0.2, 0.25) is 0 Å². The van der Waals surface area contributed by atoms with Gasteiger partial charge in [0.2, 0.25) is 0 Å². The second-order valence-electron chi connectivity index (χ2n) is 6.03. The largest absolute Gasteiger partial charge is 0.314 e. The Balaban J connectivity index is 2.56. The van der Waals surface area contributed by atoms with Crippen LogP contribution in [0.25, 0.3) is 0 Å². The molecule has 0 saturated heterocycles. The van der Waals surface area contributed by atoms with Crippen molar-refractivity contribution in [3.8, 4) is 0 Å². The predicted octanol–water partition coefficient (Wildman–Crippen LogP) is 3.43. The Labute approximate surface area is 137 Å². The zero-order chi connectivity index (χ0) is 15.9. The van der Waals surface area contributed by atoms with Crippen molar-refractivity contribution in [2.24, 2.45) is 5.92 Å². The molecule has 0 spiro atoms. The van der Waals surface area contributed by atoms with E-state index >= 15 is 0 Å². The number of sulfone groups is 1. The summed E-state index contributed by atoms with van der Waals surface area (Å²) in [6, 6.07) is 8.82. The molecule has 1 rings (SSSR count). The molecule has 0 amide bonds. The molecule has 0 aliphatic carbocycles. The van der Waals surface area contributed by atoms with Gasteiger partial charge in [0.1, 0.15) is 9.84 Å². The SMILES string of the molecule is CC(C)NCC(CCCS(C)(=O)=O)Cc1ccc(Br)cc1. The molecule has 0 aromatic heterocycles. The lowest BCUT2D eigenvalue weighted by atomic mass is 9.95. The Hall–Kier alpha value is -0.390. The Bertz CT molecular complexity index is 512. The molecule has 1 unspecified atom stereocenters. The molecule has 120 valence electrons. The first kappa shape index (κ1) is 18.7. The molecular weight excluding hydrogens is 350 g/mol. The van der Waals surface area contributed by atoms with Crippen LogP contribution in [0.4, 0.5) is 0 Å². The van der Waals surface area contributed by atoms with Crippen LogP contribution in [0.3, 0.4) is 0 Å². The van der Waals surface area contributed by atoms with E-state index < -0.39 is 9.84 Å². The van der Waals surface area contributed by atoms with E-state index in [1.165, 1.54) is 11.8 Å². The number of nitrogens with one attached hydrogen (secondary N) is 1. The molecule has 0 radical (unpaired) electrons. The minimum Gasteiger partial charge on any atom is -0.314 e. The third kappa shape index (κ3) is 9.27. The average Bonchev–Trinajstić information content (AvgIpc) is 2.36. The van der Waals surface area contributed by atoms with Crippen LogP contribution < -0.4 is 5.32 Å². The summed E-state index contributed by atoms with van der Waals surface area (Å²) in [6.45, 7) is 5.19. The molecule has 0 heterocycles. The van der Waals surface area contributed by atoms with E-state index in [2.05, 4.69) is 59.4 Å². The molecule has 1 aromatic carbocycles. The second-order valence-corrected chi connectivity index (χ2v) is 9.21. The molecular formula is C16H26BrNO2S. The molecule has 1 atom stereocenters. The lowest BCUT2D eigenvalue weighted by Crippen LogP contribution is -2.30. The van der Waals surface area contributed by atoms with Crippen molar-refractivity contribution in [3.05, 3.63) is 34.3 Å². The standard InChI is InChI=1S/C16H26BrNO2S/c1-13(2)18-12-15(5-4-10-21(3,19)20)11-14-6-8-16(17)9-7-14/h6-9,13,15,18H,4-5,10-12H2,1-3H3. The summed E-state index contributed by atoms with van der Waals surface area (Å²) in [5.74, 6) is 0.751. The van der Waals surface area contributed by atoms with Crippen molar-refractivity contribution in [2.45, 2.75) is 39.2 Å². The highest BCUT2D eigenvalue weighted by atomic mass is 79.9. The molecule has 1 N–H and O–H groups in total. The quantitative estimate of drug-likeness (QED) is 0.718. The third-order valence-corrected chi connectivity index (χ3v) is 4.94. The van der Waals surface area contributed by atoms with E-state index in [0.717, 1.165) is 30.3 Å². The van der Waals surface area contributed by atoms with Gasteiger partial charge in [0.25, 0.3) is 0 Å². The number of rotatable bonds is 9. The fourth-order valence-electron chi connectivity index (χ4n) is 2.27. The van der Waals surface area contributed by atoms with Crippen LogP contribution in [0.1, 0.15) is 32.3 Å². The van der Waals surface area contributed by atoms with E-state index in [0.29, 0.717) is 12.0 Å². The van der Waals surface area contributed by atoms with Crippen molar-refractivity contribution in [3.63, 3.8) is 0 Å². The summed E-state index contributed by atoms with van der Waals surface area (Å²) >= 11 is 3.45. The van der Waals surface area contributed by atoms with Gasteiger partial charge in [-0.05, 0) is 49.4 Å². The third-order valence-electron chi connectivity index (χ3n) is 3.38. The first-order valence-corrected chi connectivity index (χ1v) is 10.3. The lowest BCUT2D eigenvalue weighted by Gasteiger charge is -2.19. The van der Waals surface area contributed by atoms with Gasteiger partial charge in [-0.2, -0.15) is 0 Å². The molecule has 1 aromatic rings. The summed E-state index contributed by atoms with van der Waals surface area (Å²) in [6.07, 6.45) is 3.96. The van der Waals surface area contributed by atoms with Gasteiger partial charge in [0, 0.05) is 22.5 Å². The summed E-state index contributed by atoms with van der Waals surface area (Å²) in [7, 11) is -2.86. The molecule has 0 saturated carbocycles. The number of halogens is 1. The van der Waals surface area contributed by atoms with Crippen molar-refractivity contribution in [2.75, 3.05) is 18.6 Å². The van der Waals surface area contributed by atoms with Gasteiger partial charge < -0.3 is 5.32 Å². The van der Waals surface area contributed by atoms with Crippen molar-refractivity contribution in [1.82, 2.24) is 5.32 Å². The molecule has 21 heavy (non-hydrogen) atoms. The topological polar surface area (TPSA) is 46.2 Å². The number of hydrogen-bond donors (Lipinski definition) is 1. The van der Waals surface area contributed by atoms with Gasteiger partial charge in [-0.25, -0.2) is 8.42 Å². The first-order valence-electron chi connectivity index (χ1n) is 7.42. The Kier molecular flexibility index (Phi) is 7.92. The smallest absolute Gasteiger partial charge is 0.147 e. The van der Waals surface area contributed by atoms with E-state index in [9.17, 15) is 8.42 Å². The zero-order valence-electron chi connectivity index (χ0n) is 13.1. The van der Waals surface area contributed by atoms with Gasteiger partial charge in [-0.3, -0.25) is 0 Å². The highest BCUT2D eigenvalue weighted by Gasteiger charge is 2.12. The van der Waals surface area contributed by atoms with E-state index in [1.807, 2.05) is 0 Å². The van der Waals surface area contributed by atoms with Crippen LogP contribution in [0.5, 0.6) is 0 Å². The maximum absolute atomic E-state index is 11.3.